The van der Waals surface area contributed by atoms with Crippen LogP contribution in [0.2, 0.25) is 0 Å². The summed E-state index contributed by atoms with van der Waals surface area (Å²) in [6.45, 7) is 2.93. The lowest BCUT2D eigenvalue weighted by atomic mass is 10.0. The van der Waals surface area contributed by atoms with Crippen LogP contribution in [0.5, 0.6) is 5.75 Å². The Kier molecular flexibility index (Phi) is 6.67. The number of hydrogen-bond acceptors (Lipinski definition) is 3. The minimum atomic E-state index is -0.00832. The molecule has 3 nitrogen and oxygen atoms in total. The maximum atomic E-state index is 8.97. The molecule has 0 spiro atoms. The number of aliphatic hydroxyl groups is 2. The van der Waals surface area contributed by atoms with Crippen LogP contribution in [-0.2, 0) is 6.42 Å². The summed E-state index contributed by atoms with van der Waals surface area (Å²) < 4.78 is 5.50. The first-order valence-electron chi connectivity index (χ1n) is 6.23. The first-order valence-corrected chi connectivity index (χ1v) is 6.23. The van der Waals surface area contributed by atoms with Crippen molar-refractivity contribution in [3.8, 4) is 5.75 Å². The van der Waals surface area contributed by atoms with Gasteiger partial charge in [0.1, 0.15) is 5.75 Å². The van der Waals surface area contributed by atoms with E-state index in [0.29, 0.717) is 0 Å². The molecule has 0 fully saturated rings. The molecule has 1 aromatic rings. The van der Waals surface area contributed by atoms with Gasteiger partial charge in [-0.3, -0.25) is 0 Å². The van der Waals surface area contributed by atoms with Crippen molar-refractivity contribution in [2.24, 2.45) is 5.92 Å². The molecule has 0 amide bonds. The van der Waals surface area contributed by atoms with Crippen LogP contribution in [0.25, 0.3) is 0 Å². The lowest BCUT2D eigenvalue weighted by molar-refractivity contribution is 0.144. The Morgan fingerprint density at radius 2 is 1.76 bits per heavy atom. The van der Waals surface area contributed by atoms with Crippen LogP contribution in [-0.4, -0.2) is 30.0 Å². The van der Waals surface area contributed by atoms with Crippen LogP contribution < -0.4 is 4.74 Å². The SMILES string of the molecule is CCCOc1ccc(CCC(CO)CO)cc1. The molecule has 3 heteroatoms. The Balaban J connectivity index is 2.39. The fourth-order valence-electron chi connectivity index (χ4n) is 1.58. The van der Waals surface area contributed by atoms with E-state index in [4.69, 9.17) is 14.9 Å². The van der Waals surface area contributed by atoms with Crippen LogP contribution in [0.4, 0.5) is 0 Å². The largest absolute Gasteiger partial charge is 0.494 e. The second-order valence-corrected chi connectivity index (χ2v) is 4.26. The maximum Gasteiger partial charge on any atom is 0.119 e. The number of aryl methyl sites for hydroxylation is 1. The molecule has 0 unspecified atom stereocenters. The topological polar surface area (TPSA) is 49.7 Å². The van der Waals surface area contributed by atoms with E-state index >= 15 is 0 Å². The minimum absolute atomic E-state index is 0.00832. The summed E-state index contributed by atoms with van der Waals surface area (Å²) in [5, 5.41) is 17.9. The molecule has 0 bridgehead atoms. The van der Waals surface area contributed by atoms with Crippen molar-refractivity contribution >= 4 is 0 Å². The fraction of sp³-hybridized carbons (Fsp3) is 0.571. The first kappa shape index (κ1) is 14.0. The zero-order valence-corrected chi connectivity index (χ0v) is 10.4. The predicted molar refractivity (Wildman–Crippen MR) is 68.2 cm³/mol. The van der Waals surface area contributed by atoms with E-state index in [1.807, 2.05) is 24.3 Å². The van der Waals surface area contributed by atoms with E-state index in [0.717, 1.165) is 31.6 Å². The molecule has 0 aliphatic heterocycles. The maximum absolute atomic E-state index is 8.97. The van der Waals surface area contributed by atoms with Crippen LogP contribution >= 0.6 is 0 Å². The van der Waals surface area contributed by atoms with E-state index in [9.17, 15) is 0 Å². The zero-order valence-electron chi connectivity index (χ0n) is 10.4. The molecule has 0 saturated heterocycles. The summed E-state index contributed by atoms with van der Waals surface area (Å²) in [4.78, 5) is 0. The quantitative estimate of drug-likeness (QED) is 0.728. The van der Waals surface area contributed by atoms with Crippen molar-refractivity contribution in [2.75, 3.05) is 19.8 Å². The van der Waals surface area contributed by atoms with Gasteiger partial charge in [-0.15, -0.1) is 0 Å². The van der Waals surface area contributed by atoms with E-state index in [1.165, 1.54) is 5.56 Å². The molecule has 0 aromatic heterocycles. The second kappa shape index (κ2) is 8.09. The second-order valence-electron chi connectivity index (χ2n) is 4.26. The normalized spacial score (nSPS) is 10.8. The number of aliphatic hydroxyl groups excluding tert-OH is 2. The summed E-state index contributed by atoms with van der Waals surface area (Å²) in [5.74, 6) is 0.891. The molecule has 1 rings (SSSR count). The van der Waals surface area contributed by atoms with Crippen molar-refractivity contribution in [1.29, 1.82) is 0 Å². The van der Waals surface area contributed by atoms with Gasteiger partial charge < -0.3 is 14.9 Å². The summed E-state index contributed by atoms with van der Waals surface area (Å²) in [7, 11) is 0. The molecule has 0 radical (unpaired) electrons. The van der Waals surface area contributed by atoms with Gasteiger partial charge in [0.05, 0.1) is 6.61 Å². The van der Waals surface area contributed by atoms with Gasteiger partial charge in [0.25, 0.3) is 0 Å². The van der Waals surface area contributed by atoms with Gasteiger partial charge >= 0.3 is 0 Å². The van der Waals surface area contributed by atoms with Gasteiger partial charge in [0.2, 0.25) is 0 Å². The summed E-state index contributed by atoms with van der Waals surface area (Å²) in [6, 6.07) is 8.02. The van der Waals surface area contributed by atoms with Gasteiger partial charge in [-0.05, 0) is 37.0 Å². The third-order valence-electron chi connectivity index (χ3n) is 2.75. The van der Waals surface area contributed by atoms with Crippen LogP contribution in [0.3, 0.4) is 0 Å². The van der Waals surface area contributed by atoms with Crippen LogP contribution in [0.1, 0.15) is 25.3 Å². The Morgan fingerprint density at radius 3 is 2.29 bits per heavy atom. The highest BCUT2D eigenvalue weighted by molar-refractivity contribution is 5.27. The molecule has 0 aliphatic rings. The molecule has 96 valence electrons. The lowest BCUT2D eigenvalue weighted by Crippen LogP contribution is -2.11. The van der Waals surface area contributed by atoms with Crippen molar-refractivity contribution in [3.05, 3.63) is 29.8 Å². The standard InChI is InChI=1S/C14H22O3/c1-2-9-17-14-7-5-12(6-8-14)3-4-13(10-15)11-16/h5-8,13,15-16H,2-4,9-11H2,1H3. The molecular formula is C14H22O3. The smallest absolute Gasteiger partial charge is 0.119 e. The van der Waals surface area contributed by atoms with Gasteiger partial charge in [0.15, 0.2) is 0 Å². The van der Waals surface area contributed by atoms with Gasteiger partial charge in [-0.1, -0.05) is 19.1 Å². The number of hydrogen-bond donors (Lipinski definition) is 2. The van der Waals surface area contributed by atoms with E-state index in [2.05, 4.69) is 6.92 Å². The highest BCUT2D eigenvalue weighted by atomic mass is 16.5. The minimum Gasteiger partial charge on any atom is -0.494 e. The molecule has 0 atom stereocenters. The first-order chi connectivity index (χ1) is 8.30. The van der Waals surface area contributed by atoms with E-state index in [-0.39, 0.29) is 19.1 Å². The summed E-state index contributed by atoms with van der Waals surface area (Å²) in [6.07, 6.45) is 2.69. The summed E-state index contributed by atoms with van der Waals surface area (Å²) in [5.41, 5.74) is 1.21. The van der Waals surface area contributed by atoms with Crippen LogP contribution in [0, 0.1) is 5.92 Å². The van der Waals surface area contributed by atoms with E-state index < -0.39 is 0 Å². The lowest BCUT2D eigenvalue weighted by Gasteiger charge is -2.10. The molecule has 2 N–H and O–H groups in total. The Bertz CT molecular complexity index is 291. The number of ether oxygens (including phenoxy) is 1. The van der Waals surface area contributed by atoms with Crippen molar-refractivity contribution in [3.63, 3.8) is 0 Å². The average molecular weight is 238 g/mol. The molecule has 0 heterocycles. The fourth-order valence-corrected chi connectivity index (χ4v) is 1.58. The zero-order chi connectivity index (χ0) is 12.5. The van der Waals surface area contributed by atoms with Gasteiger partial charge in [0, 0.05) is 19.1 Å². The molecule has 0 saturated carbocycles. The number of rotatable bonds is 8. The predicted octanol–water partition coefficient (Wildman–Crippen LogP) is 2.01. The molecule has 17 heavy (non-hydrogen) atoms. The van der Waals surface area contributed by atoms with Gasteiger partial charge in [-0.2, -0.15) is 0 Å². The third-order valence-corrected chi connectivity index (χ3v) is 2.75. The van der Waals surface area contributed by atoms with E-state index in [1.54, 1.807) is 0 Å². The monoisotopic (exact) mass is 238 g/mol. The van der Waals surface area contributed by atoms with Crippen LogP contribution in [0.15, 0.2) is 24.3 Å². The Labute approximate surface area is 103 Å². The average Bonchev–Trinajstić information content (AvgIpc) is 2.39. The van der Waals surface area contributed by atoms with Gasteiger partial charge in [-0.25, -0.2) is 0 Å². The Hall–Kier alpha value is -1.06. The van der Waals surface area contributed by atoms with Crippen molar-refractivity contribution in [2.45, 2.75) is 26.2 Å². The van der Waals surface area contributed by atoms with Crippen molar-refractivity contribution < 1.29 is 14.9 Å². The third kappa shape index (κ3) is 5.20. The molecule has 0 aliphatic carbocycles. The summed E-state index contributed by atoms with van der Waals surface area (Å²) >= 11 is 0. The number of benzene rings is 1. The van der Waals surface area contributed by atoms with Crippen molar-refractivity contribution in [1.82, 2.24) is 0 Å². The Morgan fingerprint density at radius 1 is 1.12 bits per heavy atom. The molecule has 1 aromatic carbocycles. The highest BCUT2D eigenvalue weighted by Gasteiger charge is 2.05. The highest BCUT2D eigenvalue weighted by Crippen LogP contribution is 2.15. The molecular weight excluding hydrogens is 216 g/mol.